The Morgan fingerprint density at radius 1 is 1.10 bits per heavy atom. The van der Waals surface area contributed by atoms with Crippen molar-refractivity contribution in [1.29, 1.82) is 0 Å². The Morgan fingerprint density at radius 2 is 1.86 bits per heavy atom. The van der Waals surface area contributed by atoms with Crippen LogP contribution in [-0.2, 0) is 0 Å². The summed E-state index contributed by atoms with van der Waals surface area (Å²) in [5.41, 5.74) is 2.28. The SMILES string of the molecule is Cc1cc(NC(=O)c2ccnc(Nc3ccc(N4CCN(C)CC4)cc3)n2)no1. The zero-order valence-electron chi connectivity index (χ0n) is 16.4. The molecule has 9 nitrogen and oxygen atoms in total. The van der Waals surface area contributed by atoms with Gasteiger partial charge in [-0.15, -0.1) is 0 Å². The van der Waals surface area contributed by atoms with Crippen LogP contribution in [0.2, 0.25) is 0 Å². The van der Waals surface area contributed by atoms with Crippen molar-refractivity contribution in [2.75, 3.05) is 48.8 Å². The van der Waals surface area contributed by atoms with Gasteiger partial charge in [-0.3, -0.25) is 4.79 Å². The fourth-order valence-corrected chi connectivity index (χ4v) is 3.10. The molecule has 0 unspecified atom stereocenters. The fraction of sp³-hybridized carbons (Fsp3) is 0.300. The highest BCUT2D eigenvalue weighted by atomic mass is 16.5. The molecular formula is C20H23N7O2. The molecular weight excluding hydrogens is 370 g/mol. The van der Waals surface area contributed by atoms with Gasteiger partial charge in [0.05, 0.1) is 0 Å². The second-order valence-electron chi connectivity index (χ2n) is 7.00. The molecule has 1 aliphatic heterocycles. The van der Waals surface area contributed by atoms with Gasteiger partial charge in [-0.2, -0.15) is 0 Å². The number of amides is 1. The van der Waals surface area contributed by atoms with E-state index in [1.54, 1.807) is 19.1 Å². The predicted molar refractivity (Wildman–Crippen MR) is 111 cm³/mol. The van der Waals surface area contributed by atoms with Crippen LogP contribution in [0.4, 0.5) is 23.1 Å². The standard InChI is InChI=1S/C20H23N7O2/c1-14-13-18(25-29-14)24-19(28)17-7-8-21-20(23-17)22-15-3-5-16(6-4-15)27-11-9-26(2)10-12-27/h3-8,13H,9-12H2,1-2H3,(H,21,22,23)(H,24,25,28). The van der Waals surface area contributed by atoms with Crippen LogP contribution in [0.15, 0.2) is 47.1 Å². The van der Waals surface area contributed by atoms with Crippen LogP contribution in [0.5, 0.6) is 0 Å². The summed E-state index contributed by atoms with van der Waals surface area (Å²) < 4.78 is 4.95. The van der Waals surface area contributed by atoms with Gasteiger partial charge in [0, 0.05) is 49.8 Å². The van der Waals surface area contributed by atoms with Crippen LogP contribution in [0.3, 0.4) is 0 Å². The van der Waals surface area contributed by atoms with Crippen LogP contribution in [0.1, 0.15) is 16.2 Å². The van der Waals surface area contributed by atoms with E-state index in [2.05, 4.69) is 54.7 Å². The molecule has 9 heteroatoms. The number of nitrogens with zero attached hydrogens (tertiary/aromatic N) is 5. The van der Waals surface area contributed by atoms with E-state index in [0.717, 1.165) is 31.9 Å². The van der Waals surface area contributed by atoms with Crippen molar-refractivity contribution >= 4 is 29.0 Å². The van der Waals surface area contributed by atoms with Crippen LogP contribution in [-0.4, -0.2) is 59.2 Å². The number of carbonyl (C=O) groups excluding carboxylic acids is 1. The molecule has 0 saturated carbocycles. The van der Waals surface area contributed by atoms with Crippen molar-refractivity contribution in [3.63, 3.8) is 0 Å². The Balaban J connectivity index is 1.40. The van der Waals surface area contributed by atoms with E-state index in [1.165, 1.54) is 11.9 Å². The summed E-state index contributed by atoms with van der Waals surface area (Å²) in [7, 11) is 2.14. The minimum Gasteiger partial charge on any atom is -0.369 e. The van der Waals surface area contributed by atoms with E-state index < -0.39 is 0 Å². The summed E-state index contributed by atoms with van der Waals surface area (Å²) in [6, 6.07) is 11.3. The van der Waals surface area contributed by atoms with Gasteiger partial charge < -0.3 is 25.0 Å². The summed E-state index contributed by atoms with van der Waals surface area (Å²) in [6.45, 7) is 5.93. The Kier molecular flexibility index (Phi) is 5.39. The van der Waals surface area contributed by atoms with Gasteiger partial charge in [-0.05, 0) is 44.3 Å². The first-order valence-corrected chi connectivity index (χ1v) is 9.45. The third-order valence-corrected chi connectivity index (χ3v) is 4.75. The maximum Gasteiger partial charge on any atom is 0.275 e. The summed E-state index contributed by atoms with van der Waals surface area (Å²) in [6.07, 6.45) is 1.54. The van der Waals surface area contributed by atoms with Gasteiger partial charge in [0.1, 0.15) is 11.5 Å². The Hall–Kier alpha value is -3.46. The normalized spacial score (nSPS) is 14.6. The van der Waals surface area contributed by atoms with Crippen molar-refractivity contribution in [1.82, 2.24) is 20.0 Å². The first-order valence-electron chi connectivity index (χ1n) is 9.45. The number of hydrogen-bond donors (Lipinski definition) is 2. The summed E-state index contributed by atoms with van der Waals surface area (Å²) in [4.78, 5) is 25.5. The average Bonchev–Trinajstić information content (AvgIpc) is 3.14. The molecule has 1 aromatic carbocycles. The van der Waals surface area contributed by atoms with E-state index in [9.17, 15) is 4.79 Å². The first kappa shape index (κ1) is 18.9. The molecule has 1 aliphatic rings. The second kappa shape index (κ2) is 8.27. The smallest absolute Gasteiger partial charge is 0.275 e. The number of rotatable bonds is 5. The quantitative estimate of drug-likeness (QED) is 0.682. The van der Waals surface area contributed by atoms with Gasteiger partial charge in [-0.25, -0.2) is 9.97 Å². The van der Waals surface area contributed by atoms with Gasteiger partial charge >= 0.3 is 0 Å². The number of nitrogens with one attached hydrogen (secondary N) is 2. The van der Waals surface area contributed by atoms with Crippen LogP contribution in [0, 0.1) is 6.92 Å². The Labute approximate surface area is 168 Å². The third kappa shape index (κ3) is 4.69. The number of anilines is 4. The predicted octanol–water partition coefficient (Wildman–Crippen LogP) is 2.52. The minimum absolute atomic E-state index is 0.234. The number of aromatic nitrogens is 3. The third-order valence-electron chi connectivity index (χ3n) is 4.75. The van der Waals surface area contributed by atoms with Crippen LogP contribution < -0.4 is 15.5 Å². The first-order chi connectivity index (χ1) is 14.1. The number of hydrogen-bond acceptors (Lipinski definition) is 8. The van der Waals surface area contributed by atoms with Crippen molar-refractivity contribution < 1.29 is 9.32 Å². The van der Waals surface area contributed by atoms with Gasteiger partial charge in [0.15, 0.2) is 5.82 Å². The summed E-state index contributed by atoms with van der Waals surface area (Å²) in [5.74, 6) is 0.931. The lowest BCUT2D eigenvalue weighted by Crippen LogP contribution is -2.44. The molecule has 3 heterocycles. The zero-order valence-corrected chi connectivity index (χ0v) is 16.4. The summed E-state index contributed by atoms with van der Waals surface area (Å²) >= 11 is 0. The largest absolute Gasteiger partial charge is 0.369 e. The number of aryl methyl sites for hydroxylation is 1. The van der Waals surface area contributed by atoms with Crippen LogP contribution >= 0.6 is 0 Å². The molecule has 150 valence electrons. The minimum atomic E-state index is -0.380. The molecule has 0 spiro atoms. The maximum atomic E-state index is 12.4. The van der Waals surface area contributed by atoms with Gasteiger partial charge in [0.25, 0.3) is 5.91 Å². The molecule has 0 radical (unpaired) electrons. The van der Waals surface area contributed by atoms with E-state index in [1.807, 2.05) is 12.1 Å². The van der Waals surface area contributed by atoms with E-state index in [-0.39, 0.29) is 11.6 Å². The number of benzene rings is 1. The molecule has 3 aromatic rings. The maximum absolute atomic E-state index is 12.4. The lowest BCUT2D eigenvalue weighted by molar-refractivity contribution is 0.102. The van der Waals surface area contributed by atoms with Crippen molar-refractivity contribution in [3.05, 3.63) is 54.0 Å². The average molecular weight is 393 g/mol. The Morgan fingerprint density at radius 3 is 2.55 bits per heavy atom. The van der Waals surface area contributed by atoms with Gasteiger partial charge in [0.2, 0.25) is 5.95 Å². The van der Waals surface area contributed by atoms with E-state index in [4.69, 9.17) is 4.52 Å². The lowest BCUT2D eigenvalue weighted by Gasteiger charge is -2.34. The molecule has 2 aromatic heterocycles. The fourth-order valence-electron chi connectivity index (χ4n) is 3.10. The Bertz CT molecular complexity index is 979. The number of likely N-dealkylation sites (N-methyl/N-ethyl adjacent to an activating group) is 1. The zero-order chi connectivity index (χ0) is 20.2. The topological polar surface area (TPSA) is 99.4 Å². The van der Waals surface area contributed by atoms with Crippen molar-refractivity contribution in [3.8, 4) is 0 Å². The summed E-state index contributed by atoms with van der Waals surface area (Å²) in [5, 5.41) is 9.54. The monoisotopic (exact) mass is 393 g/mol. The highest BCUT2D eigenvalue weighted by Crippen LogP contribution is 2.21. The molecule has 2 N–H and O–H groups in total. The van der Waals surface area contributed by atoms with Gasteiger partial charge in [-0.1, -0.05) is 5.16 Å². The van der Waals surface area contributed by atoms with E-state index in [0.29, 0.717) is 17.5 Å². The molecule has 1 fully saturated rings. The lowest BCUT2D eigenvalue weighted by atomic mass is 10.2. The highest BCUT2D eigenvalue weighted by molar-refractivity contribution is 6.02. The highest BCUT2D eigenvalue weighted by Gasteiger charge is 2.14. The molecule has 1 amide bonds. The molecule has 0 atom stereocenters. The molecule has 29 heavy (non-hydrogen) atoms. The molecule has 1 saturated heterocycles. The number of carbonyl (C=O) groups is 1. The van der Waals surface area contributed by atoms with Crippen molar-refractivity contribution in [2.45, 2.75) is 6.92 Å². The van der Waals surface area contributed by atoms with Crippen molar-refractivity contribution in [2.24, 2.45) is 0 Å². The molecule has 0 bridgehead atoms. The molecule has 4 rings (SSSR count). The second-order valence-corrected chi connectivity index (χ2v) is 7.00. The van der Waals surface area contributed by atoms with Crippen LogP contribution in [0.25, 0.3) is 0 Å². The number of piperazine rings is 1. The molecule has 0 aliphatic carbocycles. The van der Waals surface area contributed by atoms with E-state index >= 15 is 0 Å².